The molecule has 0 aliphatic heterocycles. The maximum absolute atomic E-state index is 13.1. The van der Waals surface area contributed by atoms with Crippen LogP contribution in [0.1, 0.15) is 5.56 Å². The molecule has 1 aromatic carbocycles. The Labute approximate surface area is 93.5 Å². The monoisotopic (exact) mass is 275 g/mol. The van der Waals surface area contributed by atoms with E-state index in [0.717, 1.165) is 6.21 Å². The van der Waals surface area contributed by atoms with Crippen LogP contribution in [0.4, 0.5) is 4.39 Å². The van der Waals surface area contributed by atoms with Crippen LogP contribution in [0.5, 0.6) is 0 Å². The zero-order valence-corrected chi connectivity index (χ0v) is 9.07. The van der Waals surface area contributed by atoms with E-state index in [1.165, 1.54) is 12.1 Å². The summed E-state index contributed by atoms with van der Waals surface area (Å²) in [6.07, 6.45) is 1.11. The van der Waals surface area contributed by atoms with Crippen LogP contribution in [0.3, 0.4) is 0 Å². The number of nitrogens with zero attached hydrogens (tertiary/aromatic N) is 1. The molecule has 0 heterocycles. The predicted molar refractivity (Wildman–Crippen MR) is 55.3 cm³/mol. The summed E-state index contributed by atoms with van der Waals surface area (Å²) in [5, 5.41) is 11.5. The van der Waals surface area contributed by atoms with Gasteiger partial charge in [0.2, 0.25) is 6.61 Å². The Kier molecular flexibility index (Phi) is 4.23. The fourth-order valence-corrected chi connectivity index (χ4v) is 1.18. The molecule has 0 aliphatic carbocycles. The molecular formula is C9H7BrFNO3. The van der Waals surface area contributed by atoms with Crippen molar-refractivity contribution < 1.29 is 19.1 Å². The number of carboxylic acid groups (broad SMARTS) is 1. The van der Waals surface area contributed by atoms with Gasteiger partial charge in [-0.1, -0.05) is 21.1 Å². The number of halogens is 2. The maximum Gasteiger partial charge on any atom is 0.344 e. The maximum atomic E-state index is 13.1. The number of carbonyl (C=O) groups is 1. The molecule has 0 aliphatic rings. The fraction of sp³-hybridized carbons (Fsp3) is 0.111. The van der Waals surface area contributed by atoms with Gasteiger partial charge in [0.15, 0.2) is 0 Å². The molecule has 0 unspecified atom stereocenters. The van der Waals surface area contributed by atoms with E-state index in [9.17, 15) is 9.18 Å². The van der Waals surface area contributed by atoms with Crippen molar-refractivity contribution in [1.29, 1.82) is 0 Å². The SMILES string of the molecule is O=C(O)CON=Cc1cc(Br)ccc1F. The molecule has 80 valence electrons. The van der Waals surface area contributed by atoms with Gasteiger partial charge in [0, 0.05) is 10.0 Å². The van der Waals surface area contributed by atoms with E-state index in [1.807, 2.05) is 0 Å². The second-order valence-corrected chi connectivity index (χ2v) is 3.48. The lowest BCUT2D eigenvalue weighted by Crippen LogP contribution is -2.03. The van der Waals surface area contributed by atoms with Crippen LogP contribution in [0, 0.1) is 5.82 Å². The first kappa shape index (κ1) is 11.6. The molecule has 6 heteroatoms. The lowest BCUT2D eigenvalue weighted by molar-refractivity contribution is -0.142. The third-order valence-corrected chi connectivity index (χ3v) is 1.91. The molecule has 1 aromatic rings. The van der Waals surface area contributed by atoms with E-state index in [-0.39, 0.29) is 5.56 Å². The molecule has 0 amide bonds. The van der Waals surface area contributed by atoms with Gasteiger partial charge in [-0.25, -0.2) is 9.18 Å². The van der Waals surface area contributed by atoms with Gasteiger partial charge in [0.25, 0.3) is 0 Å². The molecule has 0 spiro atoms. The summed E-state index contributed by atoms with van der Waals surface area (Å²) in [6.45, 7) is -0.549. The van der Waals surface area contributed by atoms with E-state index in [2.05, 4.69) is 25.9 Å². The Hall–Kier alpha value is -1.43. The summed E-state index contributed by atoms with van der Waals surface area (Å²) < 4.78 is 13.8. The Bertz CT molecular complexity index is 395. The van der Waals surface area contributed by atoms with Gasteiger partial charge in [-0.05, 0) is 18.2 Å². The highest BCUT2D eigenvalue weighted by molar-refractivity contribution is 9.10. The Morgan fingerprint density at radius 2 is 2.40 bits per heavy atom. The number of rotatable bonds is 4. The number of oxime groups is 1. The van der Waals surface area contributed by atoms with E-state index in [1.54, 1.807) is 6.07 Å². The highest BCUT2D eigenvalue weighted by Gasteiger charge is 2.00. The quantitative estimate of drug-likeness (QED) is 0.676. The normalized spacial score (nSPS) is 10.5. The molecule has 0 bridgehead atoms. The van der Waals surface area contributed by atoms with Crippen LogP contribution in [-0.4, -0.2) is 23.9 Å². The predicted octanol–water partition coefficient (Wildman–Crippen LogP) is 2.02. The van der Waals surface area contributed by atoms with Crippen LogP contribution in [0.25, 0.3) is 0 Å². The number of carboxylic acids is 1. The summed E-state index contributed by atoms with van der Waals surface area (Å²) >= 11 is 3.17. The Morgan fingerprint density at radius 3 is 3.07 bits per heavy atom. The van der Waals surface area contributed by atoms with Crippen molar-refractivity contribution in [3.63, 3.8) is 0 Å². The van der Waals surface area contributed by atoms with Crippen LogP contribution in [0.2, 0.25) is 0 Å². The molecule has 1 N–H and O–H groups in total. The lowest BCUT2D eigenvalue weighted by Gasteiger charge is -1.97. The zero-order valence-electron chi connectivity index (χ0n) is 7.48. The molecule has 15 heavy (non-hydrogen) atoms. The average molecular weight is 276 g/mol. The van der Waals surface area contributed by atoms with E-state index >= 15 is 0 Å². The molecular weight excluding hydrogens is 269 g/mol. The van der Waals surface area contributed by atoms with Crippen molar-refractivity contribution in [2.45, 2.75) is 0 Å². The van der Waals surface area contributed by atoms with Crippen molar-refractivity contribution in [1.82, 2.24) is 0 Å². The van der Waals surface area contributed by atoms with Crippen molar-refractivity contribution in [3.8, 4) is 0 Å². The van der Waals surface area contributed by atoms with Crippen molar-refractivity contribution in [2.75, 3.05) is 6.61 Å². The summed E-state index contributed by atoms with van der Waals surface area (Å²) in [4.78, 5) is 14.4. The average Bonchev–Trinajstić information content (AvgIpc) is 2.17. The Morgan fingerprint density at radius 1 is 1.67 bits per heavy atom. The van der Waals surface area contributed by atoms with Gasteiger partial charge in [0.05, 0.1) is 6.21 Å². The van der Waals surface area contributed by atoms with E-state index in [4.69, 9.17) is 5.11 Å². The minimum absolute atomic E-state index is 0.217. The second-order valence-electron chi connectivity index (χ2n) is 2.57. The third-order valence-electron chi connectivity index (χ3n) is 1.41. The minimum Gasteiger partial charge on any atom is -0.479 e. The molecule has 0 saturated carbocycles. The highest BCUT2D eigenvalue weighted by Crippen LogP contribution is 2.13. The number of hydrogen-bond donors (Lipinski definition) is 1. The summed E-state index contributed by atoms with van der Waals surface area (Å²) in [5.74, 6) is -1.59. The molecule has 0 aromatic heterocycles. The first-order valence-electron chi connectivity index (χ1n) is 3.92. The molecule has 4 nitrogen and oxygen atoms in total. The number of benzene rings is 1. The van der Waals surface area contributed by atoms with Gasteiger partial charge < -0.3 is 9.94 Å². The van der Waals surface area contributed by atoms with Crippen molar-refractivity contribution in [3.05, 3.63) is 34.1 Å². The molecule has 0 radical (unpaired) electrons. The van der Waals surface area contributed by atoms with Gasteiger partial charge in [-0.2, -0.15) is 0 Å². The number of aliphatic carboxylic acids is 1. The van der Waals surface area contributed by atoms with E-state index < -0.39 is 18.4 Å². The van der Waals surface area contributed by atoms with Crippen LogP contribution < -0.4 is 0 Å². The smallest absolute Gasteiger partial charge is 0.344 e. The first-order chi connectivity index (χ1) is 7.09. The minimum atomic E-state index is -1.14. The van der Waals surface area contributed by atoms with Crippen molar-refractivity contribution >= 4 is 28.1 Å². The molecule has 0 atom stereocenters. The third kappa shape index (κ3) is 4.07. The largest absolute Gasteiger partial charge is 0.479 e. The molecule has 1 rings (SSSR count). The summed E-state index contributed by atoms with van der Waals surface area (Å²) in [5.41, 5.74) is 0.217. The lowest BCUT2D eigenvalue weighted by atomic mass is 10.2. The van der Waals surface area contributed by atoms with Crippen LogP contribution >= 0.6 is 15.9 Å². The highest BCUT2D eigenvalue weighted by atomic mass is 79.9. The van der Waals surface area contributed by atoms with Gasteiger partial charge in [0.1, 0.15) is 5.82 Å². The summed E-state index contributed by atoms with van der Waals surface area (Å²) in [7, 11) is 0. The summed E-state index contributed by atoms with van der Waals surface area (Å²) in [6, 6.07) is 4.32. The van der Waals surface area contributed by atoms with Gasteiger partial charge >= 0.3 is 5.97 Å². The van der Waals surface area contributed by atoms with E-state index in [0.29, 0.717) is 4.47 Å². The zero-order chi connectivity index (χ0) is 11.3. The second kappa shape index (κ2) is 5.45. The Balaban J connectivity index is 2.63. The molecule has 0 fully saturated rings. The topological polar surface area (TPSA) is 58.9 Å². The first-order valence-corrected chi connectivity index (χ1v) is 4.71. The standard InChI is InChI=1S/C9H7BrFNO3/c10-7-1-2-8(11)6(3-7)4-12-15-5-9(13)14/h1-4H,5H2,(H,13,14). The molecule has 0 saturated heterocycles. The van der Waals surface area contributed by atoms with Crippen molar-refractivity contribution in [2.24, 2.45) is 5.16 Å². The van der Waals surface area contributed by atoms with Gasteiger partial charge in [-0.15, -0.1) is 0 Å². The van der Waals surface area contributed by atoms with Crippen LogP contribution in [0.15, 0.2) is 27.8 Å². The van der Waals surface area contributed by atoms with Crippen LogP contribution in [-0.2, 0) is 9.63 Å². The number of hydrogen-bond acceptors (Lipinski definition) is 3. The van der Waals surface area contributed by atoms with Gasteiger partial charge in [-0.3, -0.25) is 0 Å². The fourth-order valence-electron chi connectivity index (χ4n) is 0.800.